The van der Waals surface area contributed by atoms with Crippen molar-refractivity contribution >= 4 is 21.9 Å². The van der Waals surface area contributed by atoms with E-state index in [1.165, 1.54) is 5.56 Å². The van der Waals surface area contributed by atoms with Gasteiger partial charge in [0.05, 0.1) is 0 Å². The van der Waals surface area contributed by atoms with Gasteiger partial charge in [0.1, 0.15) is 6.54 Å². The minimum absolute atomic E-state index is 0.389. The second-order valence-electron chi connectivity index (χ2n) is 4.85. The van der Waals surface area contributed by atoms with E-state index in [4.69, 9.17) is 4.52 Å². The molecule has 118 valence electrons. The number of nitrogens with one attached hydrogen (secondary N) is 1. The highest BCUT2D eigenvalue weighted by molar-refractivity contribution is 9.10. The molecular formula is C15H20BrN5O. The molecule has 0 saturated heterocycles. The van der Waals surface area contributed by atoms with E-state index in [1.54, 1.807) is 6.92 Å². The highest BCUT2D eigenvalue weighted by Gasteiger charge is 2.09. The van der Waals surface area contributed by atoms with Crippen LogP contribution < -0.4 is 5.32 Å². The third-order valence-corrected chi connectivity index (χ3v) is 3.78. The molecule has 0 spiro atoms. The summed E-state index contributed by atoms with van der Waals surface area (Å²) in [5, 5.41) is 7.13. The van der Waals surface area contributed by atoms with Crippen LogP contribution >= 0.6 is 15.9 Å². The van der Waals surface area contributed by atoms with Gasteiger partial charge in [-0.2, -0.15) is 4.98 Å². The minimum Gasteiger partial charge on any atom is -0.357 e. The first kappa shape index (κ1) is 16.5. The molecule has 0 radical (unpaired) electrons. The van der Waals surface area contributed by atoms with Crippen LogP contribution in [0.15, 0.2) is 38.3 Å². The second kappa shape index (κ2) is 7.93. The molecule has 22 heavy (non-hydrogen) atoms. The standard InChI is InChI=1S/C15H20BrN5O/c1-4-17-15(18-9-14-19-11(2)22-20-14)21(3)10-12-7-5-6-8-13(12)16/h5-8H,4,9-10H2,1-3H3,(H,17,18). The molecule has 1 heterocycles. The molecule has 0 aliphatic carbocycles. The summed E-state index contributed by atoms with van der Waals surface area (Å²) in [5.41, 5.74) is 1.20. The summed E-state index contributed by atoms with van der Waals surface area (Å²) in [7, 11) is 2.00. The average molecular weight is 366 g/mol. The van der Waals surface area contributed by atoms with Gasteiger partial charge >= 0.3 is 0 Å². The van der Waals surface area contributed by atoms with Gasteiger partial charge in [0, 0.05) is 31.5 Å². The van der Waals surface area contributed by atoms with Crippen molar-refractivity contribution in [3.05, 3.63) is 46.0 Å². The summed E-state index contributed by atoms with van der Waals surface area (Å²) >= 11 is 3.57. The van der Waals surface area contributed by atoms with E-state index in [9.17, 15) is 0 Å². The highest BCUT2D eigenvalue weighted by Crippen LogP contribution is 2.17. The van der Waals surface area contributed by atoms with Crippen molar-refractivity contribution in [1.29, 1.82) is 0 Å². The van der Waals surface area contributed by atoms with E-state index in [-0.39, 0.29) is 0 Å². The Balaban J connectivity index is 2.07. The van der Waals surface area contributed by atoms with Gasteiger partial charge in [-0.15, -0.1) is 0 Å². The van der Waals surface area contributed by atoms with Crippen LogP contribution in [0.2, 0.25) is 0 Å². The molecule has 0 unspecified atom stereocenters. The average Bonchev–Trinajstić information content (AvgIpc) is 2.91. The molecule has 0 fully saturated rings. The first-order valence-electron chi connectivity index (χ1n) is 7.12. The molecule has 1 N–H and O–H groups in total. The predicted molar refractivity (Wildman–Crippen MR) is 89.5 cm³/mol. The van der Waals surface area contributed by atoms with E-state index in [0.717, 1.165) is 23.5 Å². The van der Waals surface area contributed by atoms with E-state index in [2.05, 4.69) is 47.3 Å². The summed E-state index contributed by atoms with van der Waals surface area (Å²) in [4.78, 5) is 10.8. The Morgan fingerprint density at radius 2 is 2.18 bits per heavy atom. The zero-order chi connectivity index (χ0) is 15.9. The molecule has 0 bridgehead atoms. The van der Waals surface area contributed by atoms with Crippen molar-refractivity contribution in [3.63, 3.8) is 0 Å². The van der Waals surface area contributed by atoms with Crippen LogP contribution in [-0.2, 0) is 13.1 Å². The summed E-state index contributed by atoms with van der Waals surface area (Å²) < 4.78 is 6.05. The summed E-state index contributed by atoms with van der Waals surface area (Å²) in [6.45, 7) is 5.74. The number of aromatic nitrogens is 2. The fraction of sp³-hybridized carbons (Fsp3) is 0.400. The maximum Gasteiger partial charge on any atom is 0.223 e. The summed E-state index contributed by atoms with van der Waals surface area (Å²) in [5.74, 6) is 1.94. The minimum atomic E-state index is 0.389. The van der Waals surface area contributed by atoms with Gasteiger partial charge in [-0.05, 0) is 18.6 Å². The van der Waals surface area contributed by atoms with Gasteiger partial charge in [-0.1, -0.05) is 39.3 Å². The van der Waals surface area contributed by atoms with Crippen LogP contribution in [0, 0.1) is 6.92 Å². The Bertz CT molecular complexity index is 640. The zero-order valence-corrected chi connectivity index (χ0v) is 14.6. The SMILES string of the molecule is CCNC(=NCc1noc(C)n1)N(C)Cc1ccccc1Br. The Kier molecular flexibility index (Phi) is 5.94. The number of benzene rings is 1. The van der Waals surface area contributed by atoms with Gasteiger partial charge in [0.2, 0.25) is 5.89 Å². The van der Waals surface area contributed by atoms with Crippen molar-refractivity contribution in [2.75, 3.05) is 13.6 Å². The summed E-state index contributed by atoms with van der Waals surface area (Å²) in [6.07, 6.45) is 0. The number of hydrogen-bond donors (Lipinski definition) is 1. The van der Waals surface area contributed by atoms with Crippen molar-refractivity contribution in [2.24, 2.45) is 4.99 Å². The van der Waals surface area contributed by atoms with Crippen molar-refractivity contribution in [2.45, 2.75) is 26.9 Å². The number of hydrogen-bond acceptors (Lipinski definition) is 4. The molecule has 2 rings (SSSR count). The Labute approximate surface area is 138 Å². The van der Waals surface area contributed by atoms with Crippen molar-refractivity contribution < 1.29 is 4.52 Å². The molecular weight excluding hydrogens is 346 g/mol. The van der Waals surface area contributed by atoms with E-state index < -0.39 is 0 Å². The first-order valence-corrected chi connectivity index (χ1v) is 7.91. The Morgan fingerprint density at radius 3 is 2.82 bits per heavy atom. The van der Waals surface area contributed by atoms with Crippen LogP contribution in [-0.4, -0.2) is 34.6 Å². The lowest BCUT2D eigenvalue weighted by molar-refractivity contribution is 0.387. The number of aliphatic imine (C=N–C) groups is 1. The maximum absolute atomic E-state index is 4.96. The van der Waals surface area contributed by atoms with Crippen LogP contribution in [0.25, 0.3) is 0 Å². The van der Waals surface area contributed by atoms with E-state index >= 15 is 0 Å². The number of nitrogens with zero attached hydrogens (tertiary/aromatic N) is 4. The lowest BCUT2D eigenvalue weighted by Crippen LogP contribution is -2.38. The molecule has 0 aliphatic rings. The van der Waals surface area contributed by atoms with E-state index in [0.29, 0.717) is 18.3 Å². The number of guanidine groups is 1. The fourth-order valence-electron chi connectivity index (χ4n) is 1.98. The molecule has 0 atom stereocenters. The molecule has 7 heteroatoms. The quantitative estimate of drug-likeness (QED) is 0.651. The second-order valence-corrected chi connectivity index (χ2v) is 5.70. The molecule has 6 nitrogen and oxygen atoms in total. The van der Waals surface area contributed by atoms with Gasteiger partial charge < -0.3 is 14.7 Å². The van der Waals surface area contributed by atoms with Crippen LogP contribution in [0.3, 0.4) is 0 Å². The smallest absolute Gasteiger partial charge is 0.223 e. The van der Waals surface area contributed by atoms with Crippen LogP contribution in [0.4, 0.5) is 0 Å². The normalized spacial score (nSPS) is 11.5. The van der Waals surface area contributed by atoms with E-state index in [1.807, 2.05) is 32.2 Å². The molecule has 1 aromatic heterocycles. The zero-order valence-electron chi connectivity index (χ0n) is 13.0. The fourth-order valence-corrected chi connectivity index (χ4v) is 2.39. The highest BCUT2D eigenvalue weighted by atomic mass is 79.9. The predicted octanol–water partition coefficient (Wildman–Crippen LogP) is 2.74. The monoisotopic (exact) mass is 365 g/mol. The van der Waals surface area contributed by atoms with Gasteiger partial charge in [0.25, 0.3) is 0 Å². The lowest BCUT2D eigenvalue weighted by Gasteiger charge is -2.22. The Hall–Kier alpha value is -1.89. The van der Waals surface area contributed by atoms with Crippen LogP contribution in [0.1, 0.15) is 24.2 Å². The topological polar surface area (TPSA) is 66.5 Å². The van der Waals surface area contributed by atoms with Crippen molar-refractivity contribution in [3.8, 4) is 0 Å². The molecule has 1 aromatic carbocycles. The maximum atomic E-state index is 4.96. The Morgan fingerprint density at radius 1 is 1.41 bits per heavy atom. The molecule has 0 aliphatic heterocycles. The van der Waals surface area contributed by atoms with Crippen molar-refractivity contribution in [1.82, 2.24) is 20.4 Å². The van der Waals surface area contributed by atoms with Gasteiger partial charge in [0.15, 0.2) is 11.8 Å². The largest absolute Gasteiger partial charge is 0.357 e. The van der Waals surface area contributed by atoms with Gasteiger partial charge in [-0.3, -0.25) is 0 Å². The first-order chi connectivity index (χ1) is 10.6. The molecule has 0 saturated carbocycles. The molecule has 2 aromatic rings. The van der Waals surface area contributed by atoms with Crippen LogP contribution in [0.5, 0.6) is 0 Å². The van der Waals surface area contributed by atoms with Gasteiger partial charge in [-0.25, -0.2) is 4.99 Å². The third kappa shape index (κ3) is 4.56. The number of rotatable bonds is 5. The number of aryl methyl sites for hydroxylation is 1. The summed E-state index contributed by atoms with van der Waals surface area (Å²) in [6, 6.07) is 8.16. The lowest BCUT2D eigenvalue weighted by atomic mass is 10.2. The number of halogens is 1. The third-order valence-electron chi connectivity index (χ3n) is 3.00. The molecule has 0 amide bonds.